The second-order valence-corrected chi connectivity index (χ2v) is 9.01. The Balaban J connectivity index is 1.65. The van der Waals surface area contributed by atoms with Crippen molar-refractivity contribution < 1.29 is 13.6 Å². The van der Waals surface area contributed by atoms with Crippen LogP contribution in [-0.2, 0) is 13.0 Å². The van der Waals surface area contributed by atoms with Gasteiger partial charge in [0.1, 0.15) is 11.6 Å². The van der Waals surface area contributed by atoms with Gasteiger partial charge in [-0.05, 0) is 85.5 Å². The number of nitrogens with zero attached hydrogens (tertiary/aromatic N) is 1. The molecular weight excluding hydrogens is 408 g/mol. The Morgan fingerprint density at radius 3 is 2.44 bits per heavy atom. The first-order chi connectivity index (χ1) is 15.2. The molecule has 3 aromatic rings. The van der Waals surface area contributed by atoms with Crippen LogP contribution in [0.3, 0.4) is 0 Å². The van der Waals surface area contributed by atoms with E-state index in [9.17, 15) is 13.6 Å². The van der Waals surface area contributed by atoms with Gasteiger partial charge in [0.25, 0.3) is 5.91 Å². The molecule has 0 saturated carbocycles. The van der Waals surface area contributed by atoms with Crippen LogP contribution < -0.4 is 11.1 Å². The van der Waals surface area contributed by atoms with Gasteiger partial charge in [-0.3, -0.25) is 4.79 Å². The van der Waals surface area contributed by atoms with Crippen LogP contribution in [-0.4, -0.2) is 29.4 Å². The summed E-state index contributed by atoms with van der Waals surface area (Å²) in [4.78, 5) is 14.7. The zero-order chi connectivity index (χ0) is 22.9. The number of carbonyl (C=O) groups excluding carboxylic acids is 1. The van der Waals surface area contributed by atoms with Gasteiger partial charge in [0, 0.05) is 42.0 Å². The van der Waals surface area contributed by atoms with Crippen LogP contribution in [0, 0.1) is 11.6 Å². The Hall–Kier alpha value is -3.25. The fourth-order valence-electron chi connectivity index (χ4n) is 4.03. The lowest BCUT2D eigenvalue weighted by molar-refractivity contribution is 0.0708. The van der Waals surface area contributed by atoms with Gasteiger partial charge in [-0.25, -0.2) is 8.78 Å². The van der Waals surface area contributed by atoms with E-state index in [0.29, 0.717) is 11.1 Å². The number of halogens is 2. The molecule has 6 heteroatoms. The highest BCUT2D eigenvalue weighted by Crippen LogP contribution is 2.30. The smallest absolute Gasteiger partial charge is 0.254 e. The molecule has 0 unspecified atom stereocenters. The highest BCUT2D eigenvalue weighted by Gasteiger charge is 2.24. The average Bonchev–Trinajstić information content (AvgIpc) is 3.22. The summed E-state index contributed by atoms with van der Waals surface area (Å²) in [6.45, 7) is 4.82. The van der Waals surface area contributed by atoms with E-state index in [1.807, 2.05) is 26.0 Å². The molecule has 1 aliphatic heterocycles. The molecule has 0 fully saturated rings. The van der Waals surface area contributed by atoms with E-state index in [4.69, 9.17) is 5.73 Å². The summed E-state index contributed by atoms with van der Waals surface area (Å²) >= 11 is 0. The van der Waals surface area contributed by atoms with Crippen LogP contribution in [0.25, 0.3) is 11.1 Å². The monoisotopic (exact) mass is 435 g/mol. The molecule has 4 nitrogen and oxygen atoms in total. The first-order valence-electron chi connectivity index (χ1n) is 10.7. The van der Waals surface area contributed by atoms with Gasteiger partial charge in [-0.15, -0.1) is 0 Å². The summed E-state index contributed by atoms with van der Waals surface area (Å²) < 4.78 is 28.1. The lowest BCUT2D eigenvalue weighted by Crippen LogP contribution is -2.47. The Morgan fingerprint density at radius 2 is 1.72 bits per heavy atom. The largest absolute Gasteiger partial charge is 0.384 e. The number of carbonyl (C=O) groups is 1. The molecule has 0 aliphatic carbocycles. The zero-order valence-electron chi connectivity index (χ0n) is 18.3. The van der Waals surface area contributed by atoms with Gasteiger partial charge in [-0.1, -0.05) is 12.1 Å². The van der Waals surface area contributed by atoms with Crippen molar-refractivity contribution in [1.82, 2.24) is 4.90 Å². The Kier molecular flexibility index (Phi) is 5.98. The molecule has 0 radical (unpaired) electrons. The van der Waals surface area contributed by atoms with E-state index in [0.717, 1.165) is 29.8 Å². The first-order valence-corrected chi connectivity index (χ1v) is 10.7. The molecule has 1 aliphatic rings. The molecule has 0 saturated heterocycles. The molecule has 0 atom stereocenters. The van der Waals surface area contributed by atoms with Crippen molar-refractivity contribution in [3.63, 3.8) is 0 Å². The predicted octanol–water partition coefficient (Wildman–Crippen LogP) is 4.98. The maximum Gasteiger partial charge on any atom is 0.254 e. The van der Waals surface area contributed by atoms with Crippen molar-refractivity contribution in [2.45, 2.75) is 32.4 Å². The van der Waals surface area contributed by atoms with Crippen molar-refractivity contribution in [1.29, 1.82) is 0 Å². The molecule has 1 heterocycles. The summed E-state index contributed by atoms with van der Waals surface area (Å²) in [6, 6.07) is 16.5. The fourth-order valence-corrected chi connectivity index (χ4v) is 4.03. The van der Waals surface area contributed by atoms with Crippen molar-refractivity contribution in [2.24, 2.45) is 5.73 Å². The number of hydrogen-bond donors (Lipinski definition) is 2. The quantitative estimate of drug-likeness (QED) is 0.574. The van der Waals surface area contributed by atoms with Gasteiger partial charge >= 0.3 is 0 Å². The van der Waals surface area contributed by atoms with Crippen LogP contribution in [0.15, 0.2) is 60.7 Å². The van der Waals surface area contributed by atoms with E-state index in [1.165, 1.54) is 40.8 Å². The third-order valence-electron chi connectivity index (χ3n) is 5.53. The van der Waals surface area contributed by atoms with E-state index < -0.39 is 11.4 Å². The number of amides is 1. The van der Waals surface area contributed by atoms with E-state index in [-0.39, 0.29) is 24.8 Å². The molecule has 166 valence electrons. The second-order valence-electron chi connectivity index (χ2n) is 9.01. The van der Waals surface area contributed by atoms with Crippen LogP contribution in [0.4, 0.5) is 14.5 Å². The highest BCUT2D eigenvalue weighted by molar-refractivity contribution is 5.94. The number of benzene rings is 3. The summed E-state index contributed by atoms with van der Waals surface area (Å²) in [5, 5.41) is 3.34. The average molecular weight is 436 g/mol. The summed E-state index contributed by atoms with van der Waals surface area (Å²) in [5.41, 5.74) is 10.5. The van der Waals surface area contributed by atoms with Crippen LogP contribution in [0.2, 0.25) is 0 Å². The molecular formula is C26H27F2N3O. The third-order valence-corrected chi connectivity index (χ3v) is 5.53. The van der Waals surface area contributed by atoms with Gasteiger partial charge in [0.15, 0.2) is 0 Å². The lowest BCUT2D eigenvalue weighted by Gasteiger charge is -2.30. The zero-order valence-corrected chi connectivity index (χ0v) is 18.3. The molecule has 0 aromatic heterocycles. The molecule has 1 amide bonds. The predicted molar refractivity (Wildman–Crippen MR) is 123 cm³/mol. The SMILES string of the molecule is CC(C)(N)CN(Cc1cc(-c2ccc3c(c2)CCN3)ccc1F)C(=O)c1ccc(F)cc1. The van der Waals surface area contributed by atoms with Crippen LogP contribution in [0.5, 0.6) is 0 Å². The Labute approximate surface area is 187 Å². The molecule has 4 rings (SSSR count). The van der Waals surface area contributed by atoms with E-state index >= 15 is 0 Å². The maximum absolute atomic E-state index is 14.8. The van der Waals surface area contributed by atoms with Gasteiger partial charge < -0.3 is 16.0 Å². The molecule has 3 N–H and O–H groups in total. The fraction of sp³-hybridized carbons (Fsp3) is 0.269. The van der Waals surface area contributed by atoms with E-state index in [1.54, 1.807) is 12.1 Å². The van der Waals surface area contributed by atoms with Crippen LogP contribution >= 0.6 is 0 Å². The number of rotatable bonds is 6. The molecule has 32 heavy (non-hydrogen) atoms. The van der Waals surface area contributed by atoms with Crippen molar-refractivity contribution in [2.75, 3.05) is 18.4 Å². The normalized spacial score (nSPS) is 12.9. The lowest BCUT2D eigenvalue weighted by atomic mass is 9.99. The minimum Gasteiger partial charge on any atom is -0.384 e. The molecule has 0 bridgehead atoms. The number of nitrogens with two attached hydrogens (primary N) is 1. The minimum atomic E-state index is -0.684. The van der Waals surface area contributed by atoms with Crippen molar-refractivity contribution in [3.05, 3.63) is 89.0 Å². The van der Waals surface area contributed by atoms with Crippen molar-refractivity contribution in [3.8, 4) is 11.1 Å². The Morgan fingerprint density at radius 1 is 1.03 bits per heavy atom. The molecule has 0 spiro atoms. The summed E-state index contributed by atoms with van der Waals surface area (Å²) in [6.07, 6.45) is 0.961. The second kappa shape index (κ2) is 8.71. The number of hydrogen-bond acceptors (Lipinski definition) is 3. The van der Waals surface area contributed by atoms with Crippen LogP contribution in [0.1, 0.15) is 35.3 Å². The minimum absolute atomic E-state index is 0.0585. The first kappa shape index (κ1) is 22.0. The summed E-state index contributed by atoms with van der Waals surface area (Å²) in [7, 11) is 0. The molecule has 3 aromatic carbocycles. The highest BCUT2D eigenvalue weighted by atomic mass is 19.1. The van der Waals surface area contributed by atoms with Gasteiger partial charge in [0.05, 0.1) is 0 Å². The Bertz CT molecular complexity index is 1140. The summed E-state index contributed by atoms with van der Waals surface area (Å²) in [5.74, 6) is -1.13. The standard InChI is InChI=1S/C26H27F2N3O/c1-26(2,29)16-31(25(32)17-3-7-22(27)8-4-17)15-21-14-18(5-9-23(21)28)19-6-10-24-20(13-19)11-12-30-24/h3-10,13-14,30H,11-12,15-16,29H2,1-2H3. The van der Waals surface area contributed by atoms with Gasteiger partial charge in [0.2, 0.25) is 0 Å². The maximum atomic E-state index is 14.8. The number of nitrogens with one attached hydrogen (secondary N) is 1. The van der Waals surface area contributed by atoms with Gasteiger partial charge in [-0.2, -0.15) is 0 Å². The van der Waals surface area contributed by atoms with Crippen molar-refractivity contribution >= 4 is 11.6 Å². The third kappa shape index (κ3) is 4.97. The number of anilines is 1. The van der Waals surface area contributed by atoms with E-state index in [2.05, 4.69) is 11.4 Å². The topological polar surface area (TPSA) is 58.4 Å². The number of fused-ring (bicyclic) bond motifs is 1.